The Morgan fingerprint density at radius 1 is 1.53 bits per heavy atom. The van der Waals surface area contributed by atoms with Crippen LogP contribution in [0.25, 0.3) is 0 Å². The fraction of sp³-hybridized carbons (Fsp3) is 0.273. The summed E-state index contributed by atoms with van der Waals surface area (Å²) < 4.78 is 4.73. The fourth-order valence-electron chi connectivity index (χ4n) is 1.31. The smallest absolute Gasteiger partial charge is 0.342 e. The van der Waals surface area contributed by atoms with Crippen LogP contribution < -0.4 is 0 Å². The molecule has 80 valence electrons. The molecule has 0 aromatic heterocycles. The van der Waals surface area contributed by atoms with Crippen molar-refractivity contribution in [1.29, 1.82) is 0 Å². The minimum atomic E-state index is -0.683. The lowest BCUT2D eigenvalue weighted by molar-refractivity contribution is 0.0521. The number of ether oxygens (including phenoxy) is 1. The molecule has 1 aromatic rings. The van der Waals surface area contributed by atoms with Crippen LogP contribution in [-0.4, -0.2) is 24.0 Å². The van der Waals surface area contributed by atoms with Crippen LogP contribution in [0.3, 0.4) is 0 Å². The summed E-state index contributed by atoms with van der Waals surface area (Å²) >= 11 is 0. The molecule has 0 bridgehead atoms. The average Bonchev–Trinajstić information content (AvgIpc) is 2.16. The number of phenolic OH excluding ortho intramolecular Hbond substituents is 1. The minimum absolute atomic E-state index is 0.0718. The first kappa shape index (κ1) is 11.2. The van der Waals surface area contributed by atoms with Gasteiger partial charge in [0.15, 0.2) is 6.29 Å². The van der Waals surface area contributed by atoms with Gasteiger partial charge in [0.1, 0.15) is 11.3 Å². The number of benzene rings is 1. The summed E-state index contributed by atoms with van der Waals surface area (Å²) in [7, 11) is 0. The van der Waals surface area contributed by atoms with Crippen LogP contribution in [0.15, 0.2) is 12.1 Å². The molecule has 1 rings (SSSR count). The normalized spacial score (nSPS) is 9.73. The first-order valence-electron chi connectivity index (χ1n) is 4.56. The number of carbonyl (C=O) groups is 2. The quantitative estimate of drug-likeness (QED) is 0.606. The molecule has 0 saturated heterocycles. The van der Waals surface area contributed by atoms with Crippen molar-refractivity contribution >= 4 is 12.3 Å². The summed E-state index contributed by atoms with van der Waals surface area (Å²) in [6, 6.07) is 2.94. The molecule has 1 aromatic carbocycles. The molecule has 0 aliphatic rings. The Balaban J connectivity index is 3.26. The molecule has 0 amide bonds. The summed E-state index contributed by atoms with van der Waals surface area (Å²) in [5.74, 6) is -0.910. The van der Waals surface area contributed by atoms with Crippen LogP contribution in [0.4, 0.5) is 0 Å². The van der Waals surface area contributed by atoms with Gasteiger partial charge in [0, 0.05) is 5.56 Å². The molecule has 0 saturated carbocycles. The van der Waals surface area contributed by atoms with E-state index in [1.54, 1.807) is 13.8 Å². The standard InChI is InChI=1S/C11H12O4/c1-3-15-11(14)10-8(6-12)4-7(2)5-9(10)13/h4-6,13H,3H2,1-2H3. The van der Waals surface area contributed by atoms with Gasteiger partial charge in [-0.05, 0) is 31.5 Å². The minimum Gasteiger partial charge on any atom is -0.507 e. The maximum Gasteiger partial charge on any atom is 0.342 e. The molecule has 4 heteroatoms. The molecule has 0 spiro atoms. The molecular formula is C11H12O4. The Morgan fingerprint density at radius 2 is 2.20 bits per heavy atom. The molecule has 0 heterocycles. The second-order valence-corrected chi connectivity index (χ2v) is 3.09. The van der Waals surface area contributed by atoms with Crippen LogP contribution in [0.5, 0.6) is 5.75 Å². The number of hydrogen-bond donors (Lipinski definition) is 1. The van der Waals surface area contributed by atoms with Gasteiger partial charge in [0.2, 0.25) is 0 Å². The third-order valence-corrected chi connectivity index (χ3v) is 1.90. The highest BCUT2D eigenvalue weighted by Gasteiger charge is 2.17. The highest BCUT2D eigenvalue weighted by Crippen LogP contribution is 2.23. The molecule has 0 aliphatic carbocycles. The highest BCUT2D eigenvalue weighted by atomic mass is 16.5. The topological polar surface area (TPSA) is 63.6 Å². The van der Waals surface area contributed by atoms with E-state index in [1.165, 1.54) is 12.1 Å². The highest BCUT2D eigenvalue weighted by molar-refractivity contribution is 6.00. The van der Waals surface area contributed by atoms with Gasteiger partial charge in [0.05, 0.1) is 6.61 Å². The van der Waals surface area contributed by atoms with E-state index in [9.17, 15) is 14.7 Å². The van der Waals surface area contributed by atoms with Crippen molar-refractivity contribution in [2.75, 3.05) is 6.61 Å². The molecule has 0 unspecified atom stereocenters. The SMILES string of the molecule is CCOC(=O)c1c(O)cc(C)cc1C=O. The summed E-state index contributed by atoms with van der Waals surface area (Å²) in [4.78, 5) is 22.1. The van der Waals surface area contributed by atoms with E-state index in [2.05, 4.69) is 0 Å². The number of aromatic hydroxyl groups is 1. The Labute approximate surface area is 87.5 Å². The van der Waals surface area contributed by atoms with Crippen molar-refractivity contribution in [3.05, 3.63) is 28.8 Å². The first-order valence-corrected chi connectivity index (χ1v) is 4.56. The Bertz CT molecular complexity index is 396. The van der Waals surface area contributed by atoms with Crippen molar-refractivity contribution in [3.63, 3.8) is 0 Å². The van der Waals surface area contributed by atoms with Crippen molar-refractivity contribution < 1.29 is 19.4 Å². The van der Waals surface area contributed by atoms with Crippen molar-refractivity contribution in [3.8, 4) is 5.75 Å². The zero-order valence-corrected chi connectivity index (χ0v) is 8.61. The summed E-state index contributed by atoms with van der Waals surface area (Å²) in [5, 5.41) is 9.54. The van der Waals surface area contributed by atoms with Crippen LogP contribution in [-0.2, 0) is 4.74 Å². The van der Waals surface area contributed by atoms with Crippen molar-refractivity contribution in [2.24, 2.45) is 0 Å². The zero-order valence-electron chi connectivity index (χ0n) is 8.61. The number of carbonyl (C=O) groups excluding carboxylic acids is 2. The predicted molar refractivity (Wildman–Crippen MR) is 54.2 cm³/mol. The fourth-order valence-corrected chi connectivity index (χ4v) is 1.31. The number of esters is 1. The number of phenols is 1. The van der Waals surface area contributed by atoms with Gasteiger partial charge in [-0.1, -0.05) is 0 Å². The van der Waals surface area contributed by atoms with E-state index >= 15 is 0 Å². The number of hydrogen-bond acceptors (Lipinski definition) is 4. The molecule has 15 heavy (non-hydrogen) atoms. The summed E-state index contributed by atoms with van der Waals surface area (Å²) in [6.45, 7) is 3.58. The van der Waals surface area contributed by atoms with E-state index in [0.717, 1.165) is 0 Å². The van der Waals surface area contributed by atoms with E-state index in [-0.39, 0.29) is 23.5 Å². The lowest BCUT2D eigenvalue weighted by Gasteiger charge is -2.07. The Morgan fingerprint density at radius 3 is 2.73 bits per heavy atom. The third kappa shape index (κ3) is 2.34. The van der Waals surface area contributed by atoms with E-state index in [4.69, 9.17) is 4.74 Å². The monoisotopic (exact) mass is 208 g/mol. The van der Waals surface area contributed by atoms with Crippen molar-refractivity contribution in [2.45, 2.75) is 13.8 Å². The van der Waals surface area contributed by atoms with Gasteiger partial charge < -0.3 is 9.84 Å². The third-order valence-electron chi connectivity index (χ3n) is 1.90. The molecule has 0 radical (unpaired) electrons. The zero-order chi connectivity index (χ0) is 11.4. The predicted octanol–water partition coefficient (Wildman–Crippen LogP) is 1.69. The first-order chi connectivity index (χ1) is 7.10. The maximum absolute atomic E-state index is 11.4. The lowest BCUT2D eigenvalue weighted by Crippen LogP contribution is -2.08. The molecule has 1 N–H and O–H groups in total. The van der Waals surface area contributed by atoms with Gasteiger partial charge in [-0.25, -0.2) is 4.79 Å². The summed E-state index contributed by atoms with van der Waals surface area (Å²) in [6.07, 6.45) is 0.527. The van der Waals surface area contributed by atoms with Gasteiger partial charge >= 0.3 is 5.97 Å². The Hall–Kier alpha value is -1.84. The van der Waals surface area contributed by atoms with Crippen LogP contribution in [0.1, 0.15) is 33.2 Å². The second-order valence-electron chi connectivity index (χ2n) is 3.09. The van der Waals surface area contributed by atoms with Gasteiger partial charge in [-0.3, -0.25) is 4.79 Å². The lowest BCUT2D eigenvalue weighted by atomic mass is 10.0. The number of rotatable bonds is 3. The maximum atomic E-state index is 11.4. The molecule has 4 nitrogen and oxygen atoms in total. The molecule has 0 aliphatic heterocycles. The van der Waals surface area contributed by atoms with Crippen LogP contribution in [0, 0.1) is 6.92 Å². The molecule has 0 atom stereocenters. The summed E-state index contributed by atoms with van der Waals surface area (Å²) in [5.41, 5.74) is 0.783. The number of aldehydes is 1. The van der Waals surface area contributed by atoms with Gasteiger partial charge in [0.25, 0.3) is 0 Å². The van der Waals surface area contributed by atoms with E-state index in [1.807, 2.05) is 0 Å². The van der Waals surface area contributed by atoms with Gasteiger partial charge in [-0.15, -0.1) is 0 Å². The van der Waals surface area contributed by atoms with E-state index in [0.29, 0.717) is 11.8 Å². The van der Waals surface area contributed by atoms with E-state index < -0.39 is 5.97 Å². The van der Waals surface area contributed by atoms with Crippen molar-refractivity contribution in [1.82, 2.24) is 0 Å². The number of aryl methyl sites for hydroxylation is 1. The largest absolute Gasteiger partial charge is 0.507 e. The van der Waals surface area contributed by atoms with Crippen LogP contribution >= 0.6 is 0 Å². The van der Waals surface area contributed by atoms with Gasteiger partial charge in [-0.2, -0.15) is 0 Å². The second kappa shape index (κ2) is 4.59. The molecular weight excluding hydrogens is 196 g/mol. The molecule has 0 fully saturated rings. The Kier molecular flexibility index (Phi) is 3.44. The van der Waals surface area contributed by atoms with Crippen LogP contribution in [0.2, 0.25) is 0 Å². The average molecular weight is 208 g/mol.